The van der Waals surface area contributed by atoms with E-state index in [1.54, 1.807) is 6.20 Å². The van der Waals surface area contributed by atoms with Gasteiger partial charge in [-0.05, 0) is 31.7 Å². The molecule has 30 heavy (non-hydrogen) atoms. The van der Waals surface area contributed by atoms with Crippen LogP contribution in [0.25, 0.3) is 10.9 Å². The highest BCUT2D eigenvalue weighted by Gasteiger charge is 2.21. The van der Waals surface area contributed by atoms with Crippen LogP contribution in [0.3, 0.4) is 0 Å². The van der Waals surface area contributed by atoms with Crippen LogP contribution in [-0.2, 0) is 0 Å². The van der Waals surface area contributed by atoms with Crippen LogP contribution in [0.5, 0.6) is 5.75 Å². The molecule has 1 saturated carbocycles. The standard InChI is InChI=1S/C21H28N8O/c22-15-4-6-16(7-5-15)30-17-3-1-2-14-12-24-20(28-19(14)17)26-18-13-25-21(27-18)29-10-8-23-9-11-29/h1-3,12-13,15-16,23H,4-11,22H2,(H,25,27)(H,24,26,28). The normalized spacial score (nSPS) is 22.2. The van der Waals surface area contributed by atoms with Crippen molar-refractivity contribution in [1.82, 2.24) is 25.3 Å². The number of rotatable bonds is 5. The number of H-pyrrole nitrogens is 1. The molecule has 9 heteroatoms. The first-order valence-electron chi connectivity index (χ1n) is 10.7. The first-order valence-corrected chi connectivity index (χ1v) is 10.7. The fourth-order valence-electron chi connectivity index (χ4n) is 4.10. The van der Waals surface area contributed by atoms with Gasteiger partial charge in [0.05, 0.1) is 12.3 Å². The Kier molecular flexibility index (Phi) is 5.37. The van der Waals surface area contributed by atoms with Gasteiger partial charge in [-0.25, -0.2) is 15.0 Å². The lowest BCUT2D eigenvalue weighted by atomic mass is 9.94. The average Bonchev–Trinajstić information content (AvgIpc) is 3.25. The predicted molar refractivity (Wildman–Crippen MR) is 117 cm³/mol. The Balaban J connectivity index is 1.33. The first kappa shape index (κ1) is 19.1. The van der Waals surface area contributed by atoms with E-state index in [0.29, 0.717) is 12.0 Å². The second-order valence-electron chi connectivity index (χ2n) is 8.02. The zero-order valence-corrected chi connectivity index (χ0v) is 17.0. The predicted octanol–water partition coefficient (Wildman–Crippen LogP) is 2.15. The third kappa shape index (κ3) is 4.17. The minimum atomic E-state index is 0.191. The fourth-order valence-corrected chi connectivity index (χ4v) is 4.10. The molecular formula is C21H28N8O. The number of nitrogens with zero attached hydrogens (tertiary/aromatic N) is 4. The maximum absolute atomic E-state index is 6.30. The molecule has 0 amide bonds. The van der Waals surface area contributed by atoms with Gasteiger partial charge in [0.1, 0.15) is 17.1 Å². The van der Waals surface area contributed by atoms with Gasteiger partial charge < -0.3 is 31.0 Å². The minimum absolute atomic E-state index is 0.191. The van der Waals surface area contributed by atoms with Gasteiger partial charge in [0.2, 0.25) is 11.9 Å². The van der Waals surface area contributed by atoms with Crippen LogP contribution >= 0.6 is 0 Å². The van der Waals surface area contributed by atoms with Crippen molar-refractivity contribution < 1.29 is 4.74 Å². The molecule has 9 nitrogen and oxygen atoms in total. The number of anilines is 3. The van der Waals surface area contributed by atoms with Gasteiger partial charge in [-0.2, -0.15) is 0 Å². The van der Waals surface area contributed by atoms with Crippen LogP contribution in [0.2, 0.25) is 0 Å². The number of fused-ring (bicyclic) bond motifs is 1. The summed E-state index contributed by atoms with van der Waals surface area (Å²) >= 11 is 0. The molecule has 0 atom stereocenters. The Hall–Kier alpha value is -2.91. The summed E-state index contributed by atoms with van der Waals surface area (Å²) in [6.45, 7) is 3.80. The van der Waals surface area contributed by atoms with Crippen molar-refractivity contribution in [2.24, 2.45) is 5.73 Å². The van der Waals surface area contributed by atoms with Crippen molar-refractivity contribution in [3.05, 3.63) is 30.6 Å². The monoisotopic (exact) mass is 408 g/mol. The van der Waals surface area contributed by atoms with Gasteiger partial charge in [0, 0.05) is 43.8 Å². The third-order valence-electron chi connectivity index (χ3n) is 5.81. The van der Waals surface area contributed by atoms with Crippen molar-refractivity contribution in [3.8, 4) is 5.75 Å². The van der Waals surface area contributed by atoms with E-state index in [0.717, 1.165) is 80.3 Å². The second kappa shape index (κ2) is 8.45. The van der Waals surface area contributed by atoms with Gasteiger partial charge >= 0.3 is 0 Å². The molecule has 1 aromatic carbocycles. The number of imidazole rings is 1. The maximum Gasteiger partial charge on any atom is 0.229 e. The molecule has 5 N–H and O–H groups in total. The molecule has 0 spiro atoms. The van der Waals surface area contributed by atoms with Crippen LogP contribution in [-0.4, -0.2) is 58.3 Å². The lowest BCUT2D eigenvalue weighted by Crippen LogP contribution is -2.44. The highest BCUT2D eigenvalue weighted by molar-refractivity contribution is 5.84. The molecule has 0 radical (unpaired) electrons. The fraction of sp³-hybridized carbons (Fsp3) is 0.476. The van der Waals surface area contributed by atoms with Crippen molar-refractivity contribution in [2.75, 3.05) is 36.4 Å². The summed E-state index contributed by atoms with van der Waals surface area (Å²) in [4.78, 5) is 19.2. The van der Waals surface area contributed by atoms with Crippen molar-refractivity contribution >= 4 is 28.6 Å². The molecule has 2 fully saturated rings. The van der Waals surface area contributed by atoms with Gasteiger partial charge in [0.15, 0.2) is 0 Å². The molecule has 3 aromatic rings. The average molecular weight is 409 g/mol. The highest BCUT2D eigenvalue weighted by Crippen LogP contribution is 2.29. The topological polar surface area (TPSA) is 117 Å². The number of aromatic amines is 1. The van der Waals surface area contributed by atoms with Crippen LogP contribution in [0.15, 0.2) is 30.6 Å². The van der Waals surface area contributed by atoms with Gasteiger partial charge in [-0.15, -0.1) is 0 Å². The number of nitrogens with one attached hydrogen (secondary N) is 3. The minimum Gasteiger partial charge on any atom is -0.488 e. The van der Waals surface area contributed by atoms with Crippen LogP contribution < -0.4 is 26.0 Å². The van der Waals surface area contributed by atoms with Gasteiger partial charge in [0.25, 0.3) is 0 Å². The number of hydrogen-bond donors (Lipinski definition) is 4. The lowest BCUT2D eigenvalue weighted by Gasteiger charge is -2.27. The second-order valence-corrected chi connectivity index (χ2v) is 8.02. The number of piperazine rings is 1. The van der Waals surface area contributed by atoms with E-state index in [-0.39, 0.29) is 6.10 Å². The number of nitrogens with two attached hydrogens (primary N) is 1. The maximum atomic E-state index is 6.30. The Morgan fingerprint density at radius 1 is 1.07 bits per heavy atom. The Morgan fingerprint density at radius 2 is 1.90 bits per heavy atom. The Bertz CT molecular complexity index is 992. The molecule has 2 aliphatic rings. The number of para-hydroxylation sites is 1. The molecule has 158 valence electrons. The molecule has 1 aliphatic heterocycles. The number of aromatic nitrogens is 4. The zero-order chi connectivity index (χ0) is 20.3. The van der Waals surface area contributed by atoms with Crippen LogP contribution in [0.1, 0.15) is 25.7 Å². The summed E-state index contributed by atoms with van der Waals surface area (Å²) < 4.78 is 6.30. The molecule has 0 unspecified atom stereocenters. The molecule has 3 heterocycles. The highest BCUT2D eigenvalue weighted by atomic mass is 16.5. The Morgan fingerprint density at radius 3 is 2.73 bits per heavy atom. The summed E-state index contributed by atoms with van der Waals surface area (Å²) in [5.41, 5.74) is 6.84. The van der Waals surface area contributed by atoms with Crippen molar-refractivity contribution in [1.29, 1.82) is 0 Å². The zero-order valence-electron chi connectivity index (χ0n) is 17.0. The lowest BCUT2D eigenvalue weighted by molar-refractivity contribution is 0.149. The number of benzene rings is 1. The van der Waals surface area contributed by atoms with E-state index in [9.17, 15) is 0 Å². The summed E-state index contributed by atoms with van der Waals surface area (Å²) in [5, 5.41) is 7.54. The van der Waals surface area contributed by atoms with E-state index < -0.39 is 0 Å². The molecular weight excluding hydrogens is 380 g/mol. The molecule has 2 aromatic heterocycles. The molecule has 1 aliphatic carbocycles. The van der Waals surface area contributed by atoms with E-state index in [2.05, 4.69) is 30.5 Å². The summed E-state index contributed by atoms with van der Waals surface area (Å²) in [6.07, 6.45) is 7.77. The SMILES string of the molecule is NC1CCC(Oc2cccc3cnc(Nc4cnc(N5CCNCC5)[nH]4)nc23)CC1. The van der Waals surface area contributed by atoms with Crippen LogP contribution in [0, 0.1) is 0 Å². The van der Waals surface area contributed by atoms with Crippen molar-refractivity contribution in [2.45, 2.75) is 37.8 Å². The molecule has 1 saturated heterocycles. The first-order chi connectivity index (χ1) is 14.7. The number of hydrogen-bond acceptors (Lipinski definition) is 8. The number of ether oxygens (including phenoxy) is 1. The Labute approximate surface area is 175 Å². The van der Waals surface area contributed by atoms with E-state index in [1.807, 2.05) is 24.4 Å². The van der Waals surface area contributed by atoms with Gasteiger partial charge in [-0.1, -0.05) is 12.1 Å². The smallest absolute Gasteiger partial charge is 0.229 e. The van der Waals surface area contributed by atoms with E-state index in [1.165, 1.54) is 0 Å². The quantitative estimate of drug-likeness (QED) is 0.507. The third-order valence-corrected chi connectivity index (χ3v) is 5.81. The molecule has 5 rings (SSSR count). The van der Waals surface area contributed by atoms with Crippen molar-refractivity contribution in [3.63, 3.8) is 0 Å². The summed E-state index contributed by atoms with van der Waals surface area (Å²) in [5.74, 6) is 2.94. The van der Waals surface area contributed by atoms with Gasteiger partial charge in [-0.3, -0.25) is 0 Å². The van der Waals surface area contributed by atoms with E-state index >= 15 is 0 Å². The molecule has 0 bridgehead atoms. The largest absolute Gasteiger partial charge is 0.488 e. The van der Waals surface area contributed by atoms with E-state index in [4.69, 9.17) is 15.5 Å². The summed E-state index contributed by atoms with van der Waals surface area (Å²) in [7, 11) is 0. The summed E-state index contributed by atoms with van der Waals surface area (Å²) in [6, 6.07) is 6.27. The van der Waals surface area contributed by atoms with Crippen LogP contribution in [0.4, 0.5) is 17.7 Å².